The molecule has 8 heteroatoms. The molecule has 35 heavy (non-hydrogen) atoms. The number of phenolic OH excluding ortho intramolecular Hbond substituents is 1. The van der Waals surface area contributed by atoms with Crippen LogP contribution in [0.5, 0.6) is 5.75 Å². The van der Waals surface area contributed by atoms with Crippen molar-refractivity contribution < 1.29 is 24.2 Å². The van der Waals surface area contributed by atoms with Gasteiger partial charge < -0.3 is 25.4 Å². The molecule has 1 fully saturated rings. The van der Waals surface area contributed by atoms with Crippen molar-refractivity contribution in [2.45, 2.75) is 104 Å². The Balaban J connectivity index is 2.48. The second-order valence-corrected chi connectivity index (χ2v) is 10.4. The van der Waals surface area contributed by atoms with E-state index in [-0.39, 0.29) is 29.5 Å². The molecule has 0 heterocycles. The van der Waals surface area contributed by atoms with Crippen molar-refractivity contribution in [3.05, 3.63) is 29.8 Å². The van der Waals surface area contributed by atoms with Crippen LogP contribution >= 0.6 is 0 Å². The first kappa shape index (κ1) is 28.5. The number of hydrogen-bond acceptors (Lipinski definition) is 5. The van der Waals surface area contributed by atoms with E-state index in [1.54, 1.807) is 43.9 Å². The number of rotatable bonds is 11. The summed E-state index contributed by atoms with van der Waals surface area (Å²) < 4.78 is 5.43. The third-order valence-corrected chi connectivity index (χ3v) is 6.46. The van der Waals surface area contributed by atoms with Crippen LogP contribution in [0.25, 0.3) is 0 Å². The molecule has 1 aliphatic carbocycles. The Bertz CT molecular complexity index is 863. The molecular weight excluding hydrogens is 446 g/mol. The molecule has 1 aromatic carbocycles. The fourth-order valence-corrected chi connectivity index (χ4v) is 4.08. The zero-order chi connectivity index (χ0) is 26.2. The number of ether oxygens (including phenoxy) is 1. The summed E-state index contributed by atoms with van der Waals surface area (Å²) in [7, 11) is 0. The van der Waals surface area contributed by atoms with E-state index in [1.165, 1.54) is 6.07 Å². The van der Waals surface area contributed by atoms with Gasteiger partial charge in [0.05, 0.1) is 0 Å². The van der Waals surface area contributed by atoms with E-state index in [4.69, 9.17) is 4.74 Å². The lowest BCUT2D eigenvalue weighted by Gasteiger charge is -2.44. The molecule has 0 aliphatic heterocycles. The normalized spacial score (nSPS) is 16.4. The number of para-hydroxylation sites is 1. The molecule has 1 aromatic rings. The quantitative estimate of drug-likeness (QED) is 0.392. The molecular formula is C27H43N3O5. The summed E-state index contributed by atoms with van der Waals surface area (Å²) in [4.78, 5) is 41.9. The summed E-state index contributed by atoms with van der Waals surface area (Å²) >= 11 is 0. The molecule has 0 radical (unpaired) electrons. The number of benzene rings is 1. The number of nitrogens with zero attached hydrogens (tertiary/aromatic N) is 1. The fourth-order valence-electron chi connectivity index (χ4n) is 4.08. The third-order valence-electron chi connectivity index (χ3n) is 6.46. The molecule has 0 bridgehead atoms. The Hall–Kier alpha value is -2.77. The van der Waals surface area contributed by atoms with Crippen LogP contribution in [0.3, 0.4) is 0 Å². The zero-order valence-corrected chi connectivity index (χ0v) is 22.1. The largest absolute Gasteiger partial charge is 0.508 e. The molecule has 3 amide bonds. The monoisotopic (exact) mass is 489 g/mol. The minimum absolute atomic E-state index is 0.0412. The van der Waals surface area contributed by atoms with Crippen molar-refractivity contribution in [3.8, 4) is 5.75 Å². The van der Waals surface area contributed by atoms with Crippen LogP contribution in [0.1, 0.15) is 91.7 Å². The van der Waals surface area contributed by atoms with Crippen LogP contribution in [-0.2, 0) is 14.3 Å². The van der Waals surface area contributed by atoms with Crippen LogP contribution in [0, 0.1) is 5.92 Å². The Morgan fingerprint density at radius 1 is 1.17 bits per heavy atom. The summed E-state index contributed by atoms with van der Waals surface area (Å²) in [6.07, 6.45) is 4.18. The maximum Gasteiger partial charge on any atom is 0.408 e. The topological polar surface area (TPSA) is 108 Å². The molecule has 8 nitrogen and oxygen atoms in total. The first-order valence-corrected chi connectivity index (χ1v) is 12.9. The number of hydrogen-bond donors (Lipinski definition) is 3. The number of carbonyl (C=O) groups excluding carboxylic acids is 3. The van der Waals surface area contributed by atoms with Gasteiger partial charge in [-0.25, -0.2) is 4.79 Å². The first-order valence-electron chi connectivity index (χ1n) is 12.9. The number of amides is 3. The number of aromatic hydroxyl groups is 1. The van der Waals surface area contributed by atoms with Gasteiger partial charge in [0, 0.05) is 18.2 Å². The van der Waals surface area contributed by atoms with Gasteiger partial charge in [-0.15, -0.1) is 0 Å². The molecule has 3 atom stereocenters. The highest BCUT2D eigenvalue weighted by Crippen LogP contribution is 2.37. The van der Waals surface area contributed by atoms with Crippen LogP contribution < -0.4 is 10.6 Å². The van der Waals surface area contributed by atoms with E-state index in [0.717, 1.165) is 32.1 Å². The molecule has 1 saturated carbocycles. The third kappa shape index (κ3) is 7.87. The Labute approximate surface area is 209 Å². The van der Waals surface area contributed by atoms with Gasteiger partial charge in [0.1, 0.15) is 23.4 Å². The van der Waals surface area contributed by atoms with Crippen molar-refractivity contribution in [1.82, 2.24) is 15.5 Å². The number of carbonyl (C=O) groups is 3. The van der Waals surface area contributed by atoms with Crippen molar-refractivity contribution in [2.24, 2.45) is 5.92 Å². The summed E-state index contributed by atoms with van der Waals surface area (Å²) in [6.45, 7) is 11.7. The number of nitrogens with one attached hydrogen (secondary N) is 2. The minimum atomic E-state index is -1.00. The van der Waals surface area contributed by atoms with Crippen LogP contribution in [-0.4, -0.2) is 52.1 Å². The second-order valence-electron chi connectivity index (χ2n) is 10.4. The molecule has 0 saturated heterocycles. The number of phenols is 1. The van der Waals surface area contributed by atoms with Gasteiger partial charge in [-0.3, -0.25) is 9.59 Å². The second kappa shape index (κ2) is 12.8. The van der Waals surface area contributed by atoms with Gasteiger partial charge in [0.15, 0.2) is 0 Å². The Morgan fingerprint density at radius 2 is 1.83 bits per heavy atom. The first-order chi connectivity index (χ1) is 16.5. The minimum Gasteiger partial charge on any atom is -0.508 e. The summed E-state index contributed by atoms with van der Waals surface area (Å²) in [5, 5.41) is 16.4. The molecule has 3 unspecified atom stereocenters. The summed E-state index contributed by atoms with van der Waals surface area (Å²) in [6, 6.07) is 4.61. The average Bonchev–Trinajstić information content (AvgIpc) is 2.75. The van der Waals surface area contributed by atoms with Gasteiger partial charge in [-0.05, 0) is 58.4 Å². The maximum atomic E-state index is 14.1. The van der Waals surface area contributed by atoms with E-state index in [9.17, 15) is 19.5 Å². The predicted octanol–water partition coefficient (Wildman–Crippen LogP) is 4.67. The predicted molar refractivity (Wildman–Crippen MR) is 136 cm³/mol. The highest BCUT2D eigenvalue weighted by molar-refractivity contribution is 5.93. The Morgan fingerprint density at radius 3 is 2.34 bits per heavy atom. The molecule has 2 rings (SSSR count). The summed E-state index contributed by atoms with van der Waals surface area (Å²) in [5.41, 5.74) is -0.333. The van der Waals surface area contributed by atoms with Gasteiger partial charge in [-0.2, -0.15) is 0 Å². The van der Waals surface area contributed by atoms with Gasteiger partial charge in [0.2, 0.25) is 11.8 Å². The highest BCUT2D eigenvalue weighted by Gasteiger charge is 2.43. The van der Waals surface area contributed by atoms with E-state index in [0.29, 0.717) is 18.5 Å². The van der Waals surface area contributed by atoms with E-state index in [2.05, 4.69) is 10.6 Å². The van der Waals surface area contributed by atoms with Crippen molar-refractivity contribution in [2.75, 3.05) is 6.54 Å². The SMILES string of the molecule is CCCCNC(=O)C(c1ccccc1O)N(C(=O)C(NC(=O)OC(C)(C)C)C(C)CC)C1CCC1. The van der Waals surface area contributed by atoms with E-state index in [1.807, 2.05) is 20.8 Å². The number of unbranched alkanes of at least 4 members (excludes halogenated alkanes) is 1. The summed E-state index contributed by atoms with van der Waals surface area (Å²) in [5.74, 6) is -0.902. The fraction of sp³-hybridized carbons (Fsp3) is 0.667. The molecule has 1 aliphatic rings. The van der Waals surface area contributed by atoms with Gasteiger partial charge >= 0.3 is 6.09 Å². The smallest absolute Gasteiger partial charge is 0.408 e. The van der Waals surface area contributed by atoms with Crippen LogP contribution in [0.2, 0.25) is 0 Å². The van der Waals surface area contributed by atoms with E-state index < -0.39 is 23.8 Å². The standard InChI is InChI=1S/C27H43N3O5/c1-7-9-17-28-24(32)23(20-15-10-11-16-21(20)31)30(19-13-12-14-19)25(33)22(18(3)8-2)29-26(34)35-27(4,5)6/h10-11,15-16,18-19,22-23,31H,7-9,12-14,17H2,1-6H3,(H,28,32)(H,29,34). The molecule has 0 spiro atoms. The highest BCUT2D eigenvalue weighted by atomic mass is 16.6. The zero-order valence-electron chi connectivity index (χ0n) is 22.1. The van der Waals surface area contributed by atoms with Crippen molar-refractivity contribution >= 4 is 17.9 Å². The molecule has 3 N–H and O–H groups in total. The lowest BCUT2D eigenvalue weighted by molar-refractivity contribution is -0.148. The average molecular weight is 490 g/mol. The molecule has 0 aromatic heterocycles. The molecule has 196 valence electrons. The van der Waals surface area contributed by atoms with E-state index >= 15 is 0 Å². The van der Waals surface area contributed by atoms with Crippen LogP contribution in [0.4, 0.5) is 4.79 Å². The van der Waals surface area contributed by atoms with Crippen LogP contribution in [0.15, 0.2) is 24.3 Å². The Kier molecular flexibility index (Phi) is 10.4. The lowest BCUT2D eigenvalue weighted by Crippen LogP contribution is -2.59. The maximum absolute atomic E-state index is 14.1. The number of alkyl carbamates (subject to hydrolysis) is 1. The van der Waals surface area contributed by atoms with Gasteiger partial charge in [0.25, 0.3) is 0 Å². The van der Waals surface area contributed by atoms with Crippen molar-refractivity contribution in [1.29, 1.82) is 0 Å². The van der Waals surface area contributed by atoms with Crippen molar-refractivity contribution in [3.63, 3.8) is 0 Å². The lowest BCUT2D eigenvalue weighted by atomic mass is 9.86. The van der Waals surface area contributed by atoms with Gasteiger partial charge in [-0.1, -0.05) is 51.8 Å².